The molecule has 1 rings (SSSR count). The lowest BCUT2D eigenvalue weighted by Gasteiger charge is -1.90. The quantitative estimate of drug-likeness (QED) is 0.581. The Balaban J connectivity index is 0.000000424. The van der Waals surface area contributed by atoms with E-state index in [0.29, 0.717) is 5.56 Å². The molecule has 0 aliphatic carbocycles. The first kappa shape index (κ1) is 11.7. The van der Waals surface area contributed by atoms with Gasteiger partial charge < -0.3 is 14.8 Å². The molecule has 0 saturated heterocycles. The first-order valence-corrected chi connectivity index (χ1v) is 3.95. The summed E-state index contributed by atoms with van der Waals surface area (Å²) in [5.41, 5.74) is 0.523. The van der Waals surface area contributed by atoms with Crippen LogP contribution in [0, 0.1) is 0 Å². The minimum atomic E-state index is -0.332. The lowest BCUT2D eigenvalue weighted by atomic mass is 10.3. The van der Waals surface area contributed by atoms with Crippen molar-refractivity contribution in [1.29, 1.82) is 0 Å². The number of carboxylic acid groups (broad SMARTS) is 1. The zero-order valence-electron chi connectivity index (χ0n) is 6.78. The Morgan fingerprint density at radius 2 is 2.31 bits per heavy atom. The maximum Gasteiger partial charge on any atom is 0.339 e. The van der Waals surface area contributed by atoms with Crippen LogP contribution in [0.5, 0.6) is 0 Å². The summed E-state index contributed by atoms with van der Waals surface area (Å²) in [6.07, 6.45) is 1.58. The average molecular weight is 250 g/mol. The van der Waals surface area contributed by atoms with Gasteiger partial charge in [0.25, 0.3) is 6.47 Å². The lowest BCUT2D eigenvalue weighted by molar-refractivity contribution is -0.122. The fourth-order valence-electron chi connectivity index (χ4n) is 0.602. The largest absolute Gasteiger partial charge is 0.483 e. The highest BCUT2D eigenvalue weighted by molar-refractivity contribution is 9.10. The Labute approximate surface area is 82.8 Å². The number of methoxy groups -OCH3 is 1. The van der Waals surface area contributed by atoms with E-state index in [1.54, 1.807) is 12.3 Å². The third-order valence-corrected chi connectivity index (χ3v) is 1.53. The second kappa shape index (κ2) is 6.24. The SMILES string of the molecule is COC(=O)c1c[nH]c(Br)c1.O=CO. The number of halogens is 1. The molecule has 0 bridgehead atoms. The van der Waals surface area contributed by atoms with Gasteiger partial charge in [0.05, 0.1) is 17.3 Å². The van der Waals surface area contributed by atoms with Gasteiger partial charge in [-0.1, -0.05) is 0 Å². The summed E-state index contributed by atoms with van der Waals surface area (Å²) >= 11 is 3.17. The minimum Gasteiger partial charge on any atom is -0.483 e. The summed E-state index contributed by atoms with van der Waals surface area (Å²) in [7, 11) is 1.35. The van der Waals surface area contributed by atoms with Gasteiger partial charge in [-0.25, -0.2) is 4.79 Å². The summed E-state index contributed by atoms with van der Waals surface area (Å²) < 4.78 is 5.24. The summed E-state index contributed by atoms with van der Waals surface area (Å²) in [5, 5.41) is 6.89. The molecule has 1 aromatic heterocycles. The molecule has 0 saturated carbocycles. The van der Waals surface area contributed by atoms with Crippen LogP contribution in [-0.2, 0) is 9.53 Å². The predicted molar refractivity (Wildman–Crippen MR) is 48.5 cm³/mol. The Hall–Kier alpha value is -1.30. The molecule has 0 aromatic carbocycles. The van der Waals surface area contributed by atoms with Crippen molar-refractivity contribution in [3.63, 3.8) is 0 Å². The molecule has 0 unspecified atom stereocenters. The summed E-state index contributed by atoms with van der Waals surface area (Å²) in [6.45, 7) is -0.250. The number of nitrogens with one attached hydrogen (secondary N) is 1. The van der Waals surface area contributed by atoms with E-state index in [9.17, 15) is 4.79 Å². The molecule has 0 fully saturated rings. The van der Waals surface area contributed by atoms with Crippen molar-refractivity contribution in [2.75, 3.05) is 7.11 Å². The van der Waals surface area contributed by atoms with Crippen molar-refractivity contribution in [1.82, 2.24) is 4.98 Å². The highest BCUT2D eigenvalue weighted by atomic mass is 79.9. The number of ether oxygens (including phenoxy) is 1. The molecule has 0 aliphatic rings. The Morgan fingerprint density at radius 1 is 1.77 bits per heavy atom. The van der Waals surface area contributed by atoms with Gasteiger partial charge in [0.15, 0.2) is 0 Å². The van der Waals surface area contributed by atoms with Crippen molar-refractivity contribution >= 4 is 28.4 Å². The normalized spacial score (nSPS) is 8.15. The van der Waals surface area contributed by atoms with Crippen LogP contribution in [0.3, 0.4) is 0 Å². The van der Waals surface area contributed by atoms with E-state index in [-0.39, 0.29) is 12.4 Å². The number of hydrogen-bond donors (Lipinski definition) is 2. The molecule has 0 atom stereocenters. The fraction of sp³-hybridized carbons (Fsp3) is 0.143. The highest BCUT2D eigenvalue weighted by Crippen LogP contribution is 2.09. The molecule has 6 heteroatoms. The number of hydrogen-bond acceptors (Lipinski definition) is 3. The fourth-order valence-corrected chi connectivity index (χ4v) is 0.963. The van der Waals surface area contributed by atoms with Crippen LogP contribution >= 0.6 is 15.9 Å². The number of carbonyl (C=O) groups excluding carboxylic acids is 1. The number of carbonyl (C=O) groups is 2. The van der Waals surface area contributed by atoms with Crippen molar-refractivity contribution < 1.29 is 19.4 Å². The van der Waals surface area contributed by atoms with E-state index in [1.165, 1.54) is 7.11 Å². The first-order chi connectivity index (χ1) is 6.15. The first-order valence-electron chi connectivity index (χ1n) is 3.15. The molecule has 0 spiro atoms. The van der Waals surface area contributed by atoms with Crippen molar-refractivity contribution in [3.05, 3.63) is 22.4 Å². The van der Waals surface area contributed by atoms with Crippen molar-refractivity contribution in [3.8, 4) is 0 Å². The van der Waals surface area contributed by atoms with E-state index in [1.807, 2.05) is 0 Å². The van der Waals surface area contributed by atoms with Gasteiger partial charge in [0.1, 0.15) is 0 Å². The van der Waals surface area contributed by atoms with E-state index < -0.39 is 0 Å². The van der Waals surface area contributed by atoms with Crippen molar-refractivity contribution in [2.45, 2.75) is 0 Å². The monoisotopic (exact) mass is 249 g/mol. The molecule has 0 aliphatic heterocycles. The van der Waals surface area contributed by atoms with Gasteiger partial charge >= 0.3 is 5.97 Å². The molecular formula is C7H8BrNO4. The average Bonchev–Trinajstić information content (AvgIpc) is 2.52. The molecule has 1 aromatic rings. The van der Waals surface area contributed by atoms with Crippen LogP contribution in [-0.4, -0.2) is 29.6 Å². The molecule has 0 amide bonds. The molecule has 1 heterocycles. The standard InChI is InChI=1S/C6H6BrNO2.CH2O2/c1-10-6(9)4-2-5(7)8-3-4;2-1-3/h2-3,8H,1H3;1H,(H,2,3). The maximum atomic E-state index is 10.8. The number of aromatic nitrogens is 1. The van der Waals surface area contributed by atoms with Gasteiger partial charge in [-0.15, -0.1) is 0 Å². The third kappa shape index (κ3) is 4.32. The molecule has 0 radical (unpaired) electrons. The topological polar surface area (TPSA) is 79.4 Å². The predicted octanol–water partition coefficient (Wildman–Crippen LogP) is 1.26. The summed E-state index contributed by atoms with van der Waals surface area (Å²) in [5.74, 6) is -0.332. The van der Waals surface area contributed by atoms with Crippen LogP contribution in [0.15, 0.2) is 16.9 Å². The lowest BCUT2D eigenvalue weighted by Crippen LogP contribution is -1.98. The zero-order chi connectivity index (χ0) is 10.3. The third-order valence-electron chi connectivity index (χ3n) is 1.07. The Morgan fingerprint density at radius 3 is 2.62 bits per heavy atom. The Kier molecular flexibility index (Phi) is 5.62. The smallest absolute Gasteiger partial charge is 0.339 e. The van der Waals surface area contributed by atoms with Crippen LogP contribution in [0.2, 0.25) is 0 Å². The molecular weight excluding hydrogens is 242 g/mol. The summed E-state index contributed by atoms with van der Waals surface area (Å²) in [6, 6.07) is 1.66. The second-order valence-corrected chi connectivity index (χ2v) is 2.69. The second-order valence-electron chi connectivity index (χ2n) is 1.83. The van der Waals surface area contributed by atoms with E-state index in [2.05, 4.69) is 25.7 Å². The van der Waals surface area contributed by atoms with Gasteiger partial charge in [-0.3, -0.25) is 4.79 Å². The van der Waals surface area contributed by atoms with Gasteiger partial charge in [0, 0.05) is 6.20 Å². The number of esters is 1. The summed E-state index contributed by atoms with van der Waals surface area (Å²) in [4.78, 5) is 21.9. The molecule has 2 N–H and O–H groups in total. The van der Waals surface area contributed by atoms with E-state index in [4.69, 9.17) is 9.90 Å². The minimum absolute atomic E-state index is 0.250. The van der Waals surface area contributed by atoms with Crippen LogP contribution in [0.25, 0.3) is 0 Å². The molecule has 72 valence electrons. The van der Waals surface area contributed by atoms with E-state index in [0.717, 1.165) is 4.60 Å². The van der Waals surface area contributed by atoms with Gasteiger partial charge in [-0.05, 0) is 22.0 Å². The van der Waals surface area contributed by atoms with Gasteiger partial charge in [-0.2, -0.15) is 0 Å². The Bertz CT molecular complexity index is 284. The van der Waals surface area contributed by atoms with Crippen LogP contribution in [0.4, 0.5) is 0 Å². The number of H-pyrrole nitrogens is 1. The zero-order valence-corrected chi connectivity index (χ0v) is 8.37. The van der Waals surface area contributed by atoms with Gasteiger partial charge in [0.2, 0.25) is 0 Å². The maximum absolute atomic E-state index is 10.8. The molecule has 5 nitrogen and oxygen atoms in total. The number of rotatable bonds is 1. The number of aromatic amines is 1. The van der Waals surface area contributed by atoms with E-state index >= 15 is 0 Å². The van der Waals surface area contributed by atoms with Crippen molar-refractivity contribution in [2.24, 2.45) is 0 Å². The highest BCUT2D eigenvalue weighted by Gasteiger charge is 2.05. The van der Waals surface area contributed by atoms with Crippen LogP contribution < -0.4 is 0 Å². The molecule has 13 heavy (non-hydrogen) atoms. The van der Waals surface area contributed by atoms with Crippen LogP contribution in [0.1, 0.15) is 10.4 Å².